The molecule has 30 heavy (non-hydrogen) atoms. The molecular weight excluding hydrogens is 450 g/mol. The normalized spacial score (nSPS) is 13.4. The Morgan fingerprint density at radius 2 is 1.77 bits per heavy atom. The largest absolute Gasteiger partial charge is 0.481 e. The van der Waals surface area contributed by atoms with Crippen molar-refractivity contribution in [2.45, 2.75) is 18.4 Å². The summed E-state index contributed by atoms with van der Waals surface area (Å²) in [6, 6.07) is 15.4. The quantitative estimate of drug-likeness (QED) is 0.562. The first-order valence-electron chi connectivity index (χ1n) is 9.46. The molecule has 0 unspecified atom stereocenters. The number of rotatable bonds is 6. The van der Waals surface area contributed by atoms with Crippen LogP contribution in [0.15, 0.2) is 59.3 Å². The number of carboxylic acid groups (broad SMARTS) is 1. The number of hydrogen-bond acceptors (Lipinski definition) is 4. The molecule has 1 heterocycles. The lowest BCUT2D eigenvalue weighted by molar-refractivity contribution is -0.137. The maximum atomic E-state index is 12.5. The van der Waals surface area contributed by atoms with Crippen LogP contribution in [0, 0.1) is 0 Å². The van der Waals surface area contributed by atoms with Gasteiger partial charge in [0.1, 0.15) is 11.2 Å². The van der Waals surface area contributed by atoms with Gasteiger partial charge in [0, 0.05) is 18.5 Å². The van der Waals surface area contributed by atoms with E-state index in [-0.39, 0.29) is 18.9 Å². The van der Waals surface area contributed by atoms with Crippen LogP contribution < -0.4 is 5.32 Å². The van der Waals surface area contributed by atoms with E-state index in [2.05, 4.69) is 38.5 Å². The van der Waals surface area contributed by atoms with Crippen LogP contribution >= 0.6 is 15.9 Å². The molecule has 7 nitrogen and oxygen atoms in total. The molecule has 4 rings (SSSR count). The molecule has 2 aromatic carbocycles. The standard InChI is InChI=1S/C22H20BrN3O4/c1-26-21(23)17(11-24-26)19(10-20(27)28)25-22(29)30-12-18-15-8-4-2-6-13(15)14-7-3-5-9-16(14)18/h2-9,11,18-19H,10,12H2,1H3,(H,25,29)(H,27,28)/t19-/m0/s1. The van der Waals surface area contributed by atoms with Crippen LogP contribution in [-0.4, -0.2) is 33.6 Å². The van der Waals surface area contributed by atoms with E-state index in [1.165, 1.54) is 6.20 Å². The van der Waals surface area contributed by atoms with Crippen LogP contribution in [-0.2, 0) is 16.6 Å². The Morgan fingerprint density at radius 1 is 1.17 bits per heavy atom. The Balaban J connectivity index is 1.49. The zero-order chi connectivity index (χ0) is 21.3. The molecule has 0 saturated heterocycles. The fraction of sp³-hybridized carbons (Fsp3) is 0.227. The van der Waals surface area contributed by atoms with Crippen LogP contribution in [0.5, 0.6) is 0 Å². The van der Waals surface area contributed by atoms with Crippen molar-refractivity contribution in [3.8, 4) is 11.1 Å². The van der Waals surface area contributed by atoms with Crippen molar-refractivity contribution in [1.82, 2.24) is 15.1 Å². The molecule has 1 aliphatic rings. The Kier molecular flexibility index (Phi) is 5.59. The van der Waals surface area contributed by atoms with Crippen molar-refractivity contribution in [2.75, 3.05) is 6.61 Å². The minimum Gasteiger partial charge on any atom is -0.481 e. The molecule has 1 amide bonds. The highest BCUT2D eigenvalue weighted by Gasteiger charge is 2.30. The minimum atomic E-state index is -1.03. The number of benzene rings is 2. The van der Waals surface area contributed by atoms with E-state index in [9.17, 15) is 14.7 Å². The second kappa shape index (κ2) is 8.31. The van der Waals surface area contributed by atoms with Crippen LogP contribution in [0.2, 0.25) is 0 Å². The third kappa shape index (κ3) is 3.82. The SMILES string of the molecule is Cn1ncc([C@H](CC(=O)O)NC(=O)OCC2c3ccccc3-c3ccccc32)c1Br. The Hall–Kier alpha value is -3.13. The summed E-state index contributed by atoms with van der Waals surface area (Å²) in [7, 11) is 1.72. The smallest absolute Gasteiger partial charge is 0.407 e. The number of alkyl carbamates (subject to hydrolysis) is 1. The predicted molar refractivity (Wildman–Crippen MR) is 114 cm³/mol. The lowest BCUT2D eigenvalue weighted by Gasteiger charge is -2.18. The number of carbonyl (C=O) groups excluding carboxylic acids is 1. The van der Waals surface area contributed by atoms with Crippen molar-refractivity contribution >= 4 is 28.0 Å². The Morgan fingerprint density at radius 3 is 2.30 bits per heavy atom. The van der Waals surface area contributed by atoms with Gasteiger partial charge in [0.25, 0.3) is 0 Å². The number of amides is 1. The average molecular weight is 470 g/mol. The summed E-state index contributed by atoms with van der Waals surface area (Å²) in [6.45, 7) is 0.161. The summed E-state index contributed by atoms with van der Waals surface area (Å²) in [6.07, 6.45) is 0.578. The van der Waals surface area contributed by atoms with Crippen LogP contribution in [0.1, 0.15) is 35.1 Å². The maximum absolute atomic E-state index is 12.5. The van der Waals surface area contributed by atoms with E-state index in [0.717, 1.165) is 22.3 Å². The molecule has 1 aromatic heterocycles. The summed E-state index contributed by atoms with van der Waals surface area (Å²) in [5.41, 5.74) is 5.09. The van der Waals surface area contributed by atoms with Crippen molar-refractivity contribution in [1.29, 1.82) is 0 Å². The monoisotopic (exact) mass is 469 g/mol. The number of nitrogens with zero attached hydrogens (tertiary/aromatic N) is 2. The van der Waals surface area contributed by atoms with Crippen LogP contribution in [0.4, 0.5) is 4.79 Å². The van der Waals surface area contributed by atoms with Crippen LogP contribution in [0.25, 0.3) is 11.1 Å². The third-order valence-corrected chi connectivity index (χ3v) is 6.25. The average Bonchev–Trinajstić information content (AvgIpc) is 3.23. The van der Waals surface area contributed by atoms with Gasteiger partial charge in [-0.15, -0.1) is 0 Å². The van der Waals surface area contributed by atoms with Crippen molar-refractivity contribution in [2.24, 2.45) is 7.05 Å². The molecule has 0 radical (unpaired) electrons. The number of hydrogen-bond donors (Lipinski definition) is 2. The van der Waals surface area contributed by atoms with E-state index < -0.39 is 18.1 Å². The highest BCUT2D eigenvalue weighted by molar-refractivity contribution is 9.10. The topological polar surface area (TPSA) is 93.5 Å². The van der Waals surface area contributed by atoms with E-state index >= 15 is 0 Å². The first-order chi connectivity index (χ1) is 14.5. The van der Waals surface area contributed by atoms with Crippen molar-refractivity contribution < 1.29 is 19.4 Å². The lowest BCUT2D eigenvalue weighted by atomic mass is 9.98. The summed E-state index contributed by atoms with van der Waals surface area (Å²) < 4.78 is 7.70. The molecular formula is C22H20BrN3O4. The van der Waals surface area contributed by atoms with Gasteiger partial charge in [0.2, 0.25) is 0 Å². The van der Waals surface area contributed by atoms with Crippen LogP contribution in [0.3, 0.4) is 0 Å². The molecule has 8 heteroatoms. The van der Waals surface area contributed by atoms with Gasteiger partial charge in [-0.1, -0.05) is 48.5 Å². The number of fused-ring (bicyclic) bond motifs is 3. The fourth-order valence-electron chi connectivity index (χ4n) is 3.87. The molecule has 1 atom stereocenters. The minimum absolute atomic E-state index is 0.0637. The number of aliphatic carboxylic acids is 1. The Bertz CT molecular complexity index is 1070. The van der Waals surface area contributed by atoms with E-state index in [0.29, 0.717) is 10.2 Å². The number of nitrogens with one attached hydrogen (secondary N) is 1. The van der Waals surface area contributed by atoms with Crippen molar-refractivity contribution in [3.05, 3.63) is 76.0 Å². The summed E-state index contributed by atoms with van der Waals surface area (Å²) in [5, 5.41) is 16.0. The molecule has 0 bridgehead atoms. The lowest BCUT2D eigenvalue weighted by Crippen LogP contribution is -2.31. The molecule has 2 N–H and O–H groups in total. The Labute approximate surface area is 181 Å². The van der Waals surface area contributed by atoms with E-state index in [1.807, 2.05) is 36.4 Å². The first-order valence-corrected chi connectivity index (χ1v) is 10.3. The zero-order valence-corrected chi connectivity index (χ0v) is 17.8. The van der Waals surface area contributed by atoms with Gasteiger partial charge in [-0.25, -0.2) is 4.79 Å². The number of halogens is 1. The predicted octanol–water partition coefficient (Wildman–Crippen LogP) is 4.24. The highest BCUT2D eigenvalue weighted by Crippen LogP contribution is 2.44. The van der Waals surface area contributed by atoms with E-state index in [4.69, 9.17) is 4.74 Å². The van der Waals surface area contributed by atoms with Gasteiger partial charge in [0.15, 0.2) is 0 Å². The number of carboxylic acids is 1. The second-order valence-electron chi connectivity index (χ2n) is 7.13. The van der Waals surface area contributed by atoms with Gasteiger partial charge >= 0.3 is 12.1 Å². The highest BCUT2D eigenvalue weighted by atomic mass is 79.9. The maximum Gasteiger partial charge on any atom is 0.407 e. The second-order valence-corrected chi connectivity index (χ2v) is 7.89. The molecule has 0 saturated carbocycles. The molecule has 3 aromatic rings. The number of carbonyl (C=O) groups is 2. The van der Waals surface area contributed by atoms with E-state index in [1.54, 1.807) is 11.7 Å². The number of aryl methyl sites for hydroxylation is 1. The number of ether oxygens (including phenoxy) is 1. The molecule has 0 aliphatic heterocycles. The van der Waals surface area contributed by atoms with Gasteiger partial charge < -0.3 is 15.2 Å². The number of aromatic nitrogens is 2. The third-order valence-electron chi connectivity index (χ3n) is 5.28. The van der Waals surface area contributed by atoms with Gasteiger partial charge in [-0.05, 0) is 38.2 Å². The molecule has 0 fully saturated rings. The molecule has 0 spiro atoms. The van der Waals surface area contributed by atoms with Gasteiger partial charge in [0.05, 0.1) is 18.7 Å². The summed E-state index contributed by atoms with van der Waals surface area (Å²) in [4.78, 5) is 23.8. The van der Waals surface area contributed by atoms with Crippen molar-refractivity contribution in [3.63, 3.8) is 0 Å². The zero-order valence-electron chi connectivity index (χ0n) is 16.2. The summed E-state index contributed by atoms with van der Waals surface area (Å²) >= 11 is 3.37. The molecule has 154 valence electrons. The first kappa shape index (κ1) is 20.2. The summed E-state index contributed by atoms with van der Waals surface area (Å²) in [5.74, 6) is -1.10. The fourth-order valence-corrected chi connectivity index (χ4v) is 4.34. The molecule has 1 aliphatic carbocycles. The van der Waals surface area contributed by atoms with Gasteiger partial charge in [-0.3, -0.25) is 9.48 Å². The van der Waals surface area contributed by atoms with Gasteiger partial charge in [-0.2, -0.15) is 5.10 Å².